The Morgan fingerprint density at radius 3 is 2.79 bits per heavy atom. The minimum Gasteiger partial charge on any atom is -0.493 e. The van der Waals surface area contributed by atoms with Crippen molar-refractivity contribution in [3.05, 3.63) is 48.2 Å². The smallest absolute Gasteiger partial charge is 0.407 e. The Balaban J connectivity index is 1.26. The molecule has 3 saturated heterocycles. The molecule has 1 unspecified atom stereocenters. The maximum atomic E-state index is 13.0. The lowest BCUT2D eigenvalue weighted by Crippen LogP contribution is -2.53. The SMILES string of the molecule is Cn1ncc2c(-c3ccc4c(c3)OCC(C)(C)C4NC(=O)O[C@H]3CN4CCC3CC4)cccc21. The van der Waals surface area contributed by atoms with Gasteiger partial charge in [-0.2, -0.15) is 5.10 Å². The third kappa shape index (κ3) is 3.63. The van der Waals surface area contributed by atoms with E-state index in [1.54, 1.807) is 0 Å². The normalized spacial score (nSPS) is 27.1. The van der Waals surface area contributed by atoms with Crippen LogP contribution in [0.15, 0.2) is 42.6 Å². The Kier molecular flexibility index (Phi) is 5.06. The average molecular weight is 461 g/mol. The number of nitrogens with one attached hydrogen (secondary N) is 1. The van der Waals surface area contributed by atoms with Gasteiger partial charge in [0, 0.05) is 30.0 Å². The van der Waals surface area contributed by atoms with E-state index in [0.29, 0.717) is 12.5 Å². The molecule has 3 fully saturated rings. The molecule has 1 amide bonds. The molecule has 34 heavy (non-hydrogen) atoms. The molecule has 1 N–H and O–H groups in total. The van der Waals surface area contributed by atoms with E-state index in [4.69, 9.17) is 9.47 Å². The summed E-state index contributed by atoms with van der Waals surface area (Å²) in [6.45, 7) is 7.88. The second kappa shape index (κ2) is 8.01. The van der Waals surface area contributed by atoms with Gasteiger partial charge in [0.25, 0.3) is 0 Å². The summed E-state index contributed by atoms with van der Waals surface area (Å²) in [4.78, 5) is 15.4. The van der Waals surface area contributed by atoms with Crippen LogP contribution in [-0.4, -0.2) is 53.1 Å². The first-order valence-electron chi connectivity index (χ1n) is 12.3. The topological polar surface area (TPSA) is 68.6 Å². The number of alkyl carbamates (subject to hydrolysis) is 1. The van der Waals surface area contributed by atoms with Gasteiger partial charge in [-0.15, -0.1) is 0 Å². The molecule has 0 aliphatic carbocycles. The molecular formula is C27H32N4O3. The second-order valence-corrected chi connectivity index (χ2v) is 10.7. The highest BCUT2D eigenvalue weighted by Gasteiger charge is 2.41. The van der Waals surface area contributed by atoms with Gasteiger partial charge in [-0.25, -0.2) is 4.79 Å². The molecule has 4 aliphatic heterocycles. The number of piperidine rings is 3. The monoisotopic (exact) mass is 460 g/mol. The fourth-order valence-electron chi connectivity index (χ4n) is 5.87. The molecule has 7 heteroatoms. The van der Waals surface area contributed by atoms with Crippen LogP contribution in [0, 0.1) is 11.3 Å². The number of fused-ring (bicyclic) bond motifs is 5. The summed E-state index contributed by atoms with van der Waals surface area (Å²) in [5, 5.41) is 8.72. The van der Waals surface area contributed by atoms with Crippen LogP contribution in [0.25, 0.3) is 22.0 Å². The Hall–Kier alpha value is -3.06. The first kappa shape index (κ1) is 21.5. The number of ether oxygens (including phenoxy) is 2. The van der Waals surface area contributed by atoms with E-state index in [-0.39, 0.29) is 23.7 Å². The Labute approximate surface area is 200 Å². The second-order valence-electron chi connectivity index (χ2n) is 10.7. The van der Waals surface area contributed by atoms with Gasteiger partial charge >= 0.3 is 6.09 Å². The Morgan fingerprint density at radius 1 is 1.21 bits per heavy atom. The van der Waals surface area contributed by atoms with E-state index in [9.17, 15) is 4.79 Å². The van der Waals surface area contributed by atoms with E-state index in [0.717, 1.165) is 65.8 Å². The molecule has 7 nitrogen and oxygen atoms in total. The van der Waals surface area contributed by atoms with Crippen LogP contribution in [0.2, 0.25) is 0 Å². The van der Waals surface area contributed by atoms with E-state index in [1.165, 1.54) is 0 Å². The van der Waals surface area contributed by atoms with E-state index in [2.05, 4.69) is 65.6 Å². The fraction of sp³-hybridized carbons (Fsp3) is 0.481. The van der Waals surface area contributed by atoms with Gasteiger partial charge < -0.3 is 14.8 Å². The molecule has 2 aromatic carbocycles. The molecule has 1 aromatic heterocycles. The standard InChI is InChI=1S/C27H32N4O3/c1-27(2)16-33-23-13-18(19-5-4-6-22-21(19)14-28-30(22)3)7-8-20(23)25(27)29-26(32)34-24-15-31-11-9-17(24)10-12-31/h4-8,13-14,17,24-25H,9-12,15-16H2,1-3H3,(H,29,32)/t24-,25?/m0/s1. The number of amides is 1. The Bertz CT molecular complexity index is 1240. The van der Waals surface area contributed by atoms with Gasteiger partial charge in [0.05, 0.1) is 24.4 Å². The van der Waals surface area contributed by atoms with Crippen molar-refractivity contribution >= 4 is 17.0 Å². The van der Waals surface area contributed by atoms with Gasteiger partial charge in [0.2, 0.25) is 0 Å². The quantitative estimate of drug-likeness (QED) is 0.622. The van der Waals surface area contributed by atoms with Crippen molar-refractivity contribution in [1.29, 1.82) is 0 Å². The van der Waals surface area contributed by atoms with Crippen molar-refractivity contribution in [2.24, 2.45) is 18.4 Å². The summed E-state index contributed by atoms with van der Waals surface area (Å²) in [6, 6.07) is 12.3. The summed E-state index contributed by atoms with van der Waals surface area (Å²) in [5.74, 6) is 1.30. The molecule has 2 atom stereocenters. The van der Waals surface area contributed by atoms with Crippen LogP contribution in [0.3, 0.4) is 0 Å². The zero-order chi connectivity index (χ0) is 23.4. The number of hydrogen-bond donors (Lipinski definition) is 1. The summed E-state index contributed by atoms with van der Waals surface area (Å²) >= 11 is 0. The molecule has 0 spiro atoms. The lowest BCUT2D eigenvalue weighted by molar-refractivity contribution is -0.0361. The van der Waals surface area contributed by atoms with Crippen LogP contribution < -0.4 is 10.1 Å². The number of hydrogen-bond acceptors (Lipinski definition) is 5. The van der Waals surface area contributed by atoms with Gasteiger partial charge in [-0.05, 0) is 55.1 Å². The molecular weight excluding hydrogens is 428 g/mol. The molecule has 4 aliphatic rings. The van der Waals surface area contributed by atoms with Gasteiger partial charge in [0.1, 0.15) is 11.9 Å². The highest BCUT2D eigenvalue weighted by atomic mass is 16.6. The number of carbonyl (C=O) groups excluding carboxylic acids is 1. The third-order valence-electron chi connectivity index (χ3n) is 7.93. The maximum Gasteiger partial charge on any atom is 0.407 e. The number of aromatic nitrogens is 2. The van der Waals surface area contributed by atoms with Crippen LogP contribution >= 0.6 is 0 Å². The molecule has 2 bridgehead atoms. The van der Waals surface area contributed by atoms with Crippen LogP contribution in [0.1, 0.15) is 38.3 Å². The molecule has 3 aromatic rings. The third-order valence-corrected chi connectivity index (χ3v) is 7.93. The van der Waals surface area contributed by atoms with Crippen molar-refractivity contribution in [2.75, 3.05) is 26.2 Å². The fourth-order valence-corrected chi connectivity index (χ4v) is 5.87. The summed E-state index contributed by atoms with van der Waals surface area (Å²) < 4.78 is 14.0. The predicted molar refractivity (Wildman–Crippen MR) is 131 cm³/mol. The summed E-state index contributed by atoms with van der Waals surface area (Å²) in [6.07, 6.45) is 3.82. The Morgan fingerprint density at radius 2 is 2.03 bits per heavy atom. The zero-order valence-electron chi connectivity index (χ0n) is 20.1. The maximum absolute atomic E-state index is 13.0. The number of benzene rings is 2. The van der Waals surface area contributed by atoms with Crippen LogP contribution in [0.5, 0.6) is 5.75 Å². The van der Waals surface area contributed by atoms with Crippen molar-refractivity contribution in [3.8, 4) is 16.9 Å². The molecule has 178 valence electrons. The van der Waals surface area contributed by atoms with Crippen molar-refractivity contribution in [1.82, 2.24) is 20.0 Å². The minimum absolute atomic E-state index is 0.00716. The van der Waals surface area contributed by atoms with Crippen molar-refractivity contribution in [2.45, 2.75) is 38.8 Å². The van der Waals surface area contributed by atoms with Crippen LogP contribution in [-0.2, 0) is 11.8 Å². The predicted octanol–water partition coefficient (Wildman–Crippen LogP) is 4.52. The number of aryl methyl sites for hydroxylation is 1. The van der Waals surface area contributed by atoms with Crippen LogP contribution in [0.4, 0.5) is 4.79 Å². The summed E-state index contributed by atoms with van der Waals surface area (Å²) in [5.41, 5.74) is 4.02. The minimum atomic E-state index is -0.325. The zero-order valence-corrected chi connectivity index (χ0v) is 20.1. The number of rotatable bonds is 3. The number of nitrogens with zero attached hydrogens (tertiary/aromatic N) is 3. The first-order valence-corrected chi connectivity index (χ1v) is 12.3. The highest BCUT2D eigenvalue weighted by Crippen LogP contribution is 2.45. The van der Waals surface area contributed by atoms with E-state index in [1.807, 2.05) is 17.9 Å². The molecule has 0 radical (unpaired) electrons. The number of carbonyl (C=O) groups is 1. The van der Waals surface area contributed by atoms with Crippen molar-refractivity contribution in [3.63, 3.8) is 0 Å². The molecule has 7 rings (SSSR count). The summed E-state index contributed by atoms with van der Waals surface area (Å²) in [7, 11) is 1.95. The van der Waals surface area contributed by atoms with E-state index >= 15 is 0 Å². The lowest BCUT2D eigenvalue weighted by Gasteiger charge is -2.44. The molecule has 0 saturated carbocycles. The van der Waals surface area contributed by atoms with Gasteiger partial charge in [-0.1, -0.05) is 38.1 Å². The largest absolute Gasteiger partial charge is 0.493 e. The highest BCUT2D eigenvalue weighted by molar-refractivity contribution is 5.95. The molecule has 5 heterocycles. The lowest BCUT2D eigenvalue weighted by atomic mass is 9.78. The van der Waals surface area contributed by atoms with Gasteiger partial charge in [-0.3, -0.25) is 9.58 Å². The van der Waals surface area contributed by atoms with Gasteiger partial charge in [0.15, 0.2) is 0 Å². The first-order chi connectivity index (χ1) is 16.4. The average Bonchev–Trinajstić information content (AvgIpc) is 3.22. The van der Waals surface area contributed by atoms with Crippen molar-refractivity contribution < 1.29 is 14.3 Å². The van der Waals surface area contributed by atoms with E-state index < -0.39 is 0 Å².